The zero-order chi connectivity index (χ0) is 11.0. The van der Waals surface area contributed by atoms with Gasteiger partial charge in [0.1, 0.15) is 0 Å². The van der Waals surface area contributed by atoms with E-state index >= 15 is 0 Å². The fourth-order valence-corrected chi connectivity index (χ4v) is 2.35. The average molecular weight is 198 g/mol. The molecule has 0 saturated heterocycles. The molecular formula is C14H30. The van der Waals surface area contributed by atoms with Gasteiger partial charge in [-0.25, -0.2) is 0 Å². The van der Waals surface area contributed by atoms with Gasteiger partial charge < -0.3 is 0 Å². The Labute approximate surface area is 91.5 Å². The maximum absolute atomic E-state index is 2.44. The smallest absolute Gasteiger partial charge is 0.0394 e. The van der Waals surface area contributed by atoms with Crippen LogP contribution in [0.2, 0.25) is 0 Å². The van der Waals surface area contributed by atoms with E-state index in [0.29, 0.717) is 0 Å². The number of hydrogen-bond donors (Lipinski definition) is 0. The standard InChI is InChI=1S/C14H30/c1-6-14(7-2)13(5)11-9-8-10-12(3)4/h12-14H,6-11H2,1-5H3. The molecule has 0 aliphatic carbocycles. The van der Waals surface area contributed by atoms with Crippen LogP contribution in [-0.2, 0) is 0 Å². The quantitative estimate of drug-likeness (QED) is 0.466. The topological polar surface area (TPSA) is 0 Å². The number of unbranched alkanes of at least 4 members (excludes halogenated alkanes) is 1. The van der Waals surface area contributed by atoms with Crippen molar-refractivity contribution in [1.82, 2.24) is 0 Å². The highest BCUT2D eigenvalue weighted by Crippen LogP contribution is 2.24. The molecule has 0 aromatic heterocycles. The Balaban J connectivity index is 3.47. The van der Waals surface area contributed by atoms with Crippen LogP contribution in [0, 0.1) is 17.8 Å². The van der Waals surface area contributed by atoms with Crippen LogP contribution in [0.15, 0.2) is 0 Å². The van der Waals surface area contributed by atoms with E-state index in [0.717, 1.165) is 17.8 Å². The normalized spacial score (nSPS) is 13.9. The second-order valence-electron chi connectivity index (χ2n) is 5.23. The summed E-state index contributed by atoms with van der Waals surface area (Å²) in [4.78, 5) is 0. The van der Waals surface area contributed by atoms with Gasteiger partial charge in [0.25, 0.3) is 0 Å². The highest BCUT2D eigenvalue weighted by atomic mass is 14.2. The third-order valence-electron chi connectivity index (χ3n) is 3.54. The Bertz CT molecular complexity index is 111. The van der Waals surface area contributed by atoms with Crippen molar-refractivity contribution < 1.29 is 0 Å². The Morgan fingerprint density at radius 1 is 0.786 bits per heavy atom. The third-order valence-corrected chi connectivity index (χ3v) is 3.54. The molecule has 0 N–H and O–H groups in total. The lowest BCUT2D eigenvalue weighted by Gasteiger charge is -2.21. The summed E-state index contributed by atoms with van der Waals surface area (Å²) in [5.74, 6) is 2.80. The van der Waals surface area contributed by atoms with E-state index in [2.05, 4.69) is 34.6 Å². The zero-order valence-corrected chi connectivity index (χ0v) is 11.0. The molecule has 0 nitrogen and oxygen atoms in total. The lowest BCUT2D eigenvalue weighted by atomic mass is 9.85. The van der Waals surface area contributed by atoms with E-state index in [4.69, 9.17) is 0 Å². The van der Waals surface area contributed by atoms with Crippen molar-refractivity contribution in [2.75, 3.05) is 0 Å². The van der Waals surface area contributed by atoms with E-state index in [1.54, 1.807) is 0 Å². The van der Waals surface area contributed by atoms with Crippen LogP contribution in [-0.4, -0.2) is 0 Å². The lowest BCUT2D eigenvalue weighted by Crippen LogP contribution is -2.09. The van der Waals surface area contributed by atoms with Crippen LogP contribution in [0.3, 0.4) is 0 Å². The molecule has 14 heavy (non-hydrogen) atoms. The largest absolute Gasteiger partial charge is 0.0651 e. The van der Waals surface area contributed by atoms with Crippen molar-refractivity contribution in [3.63, 3.8) is 0 Å². The first kappa shape index (κ1) is 14.0. The SMILES string of the molecule is CCC(CC)C(C)CCCCC(C)C. The average Bonchev–Trinajstić information content (AvgIpc) is 2.14. The van der Waals surface area contributed by atoms with Crippen molar-refractivity contribution in [3.8, 4) is 0 Å². The molecule has 0 aromatic rings. The summed E-state index contributed by atoms with van der Waals surface area (Å²) >= 11 is 0. The van der Waals surface area contributed by atoms with Crippen LogP contribution in [0.1, 0.15) is 73.1 Å². The molecule has 0 saturated carbocycles. The predicted octanol–water partition coefficient (Wildman–Crippen LogP) is 5.28. The summed E-state index contributed by atoms with van der Waals surface area (Å²) in [5.41, 5.74) is 0. The van der Waals surface area contributed by atoms with Gasteiger partial charge in [0, 0.05) is 0 Å². The molecular weight excluding hydrogens is 168 g/mol. The highest BCUT2D eigenvalue weighted by molar-refractivity contribution is 4.64. The summed E-state index contributed by atoms with van der Waals surface area (Å²) in [6, 6.07) is 0. The number of hydrogen-bond acceptors (Lipinski definition) is 0. The lowest BCUT2D eigenvalue weighted by molar-refractivity contribution is 0.307. The van der Waals surface area contributed by atoms with Gasteiger partial charge in [0.2, 0.25) is 0 Å². The van der Waals surface area contributed by atoms with Gasteiger partial charge in [-0.15, -0.1) is 0 Å². The third kappa shape index (κ3) is 6.45. The Morgan fingerprint density at radius 3 is 1.71 bits per heavy atom. The maximum atomic E-state index is 2.44. The minimum Gasteiger partial charge on any atom is -0.0651 e. The minimum atomic E-state index is 0.887. The molecule has 1 unspecified atom stereocenters. The van der Waals surface area contributed by atoms with Crippen molar-refractivity contribution in [1.29, 1.82) is 0 Å². The Hall–Kier alpha value is 0. The molecule has 86 valence electrons. The molecule has 0 fully saturated rings. The van der Waals surface area contributed by atoms with Crippen molar-refractivity contribution >= 4 is 0 Å². The fraction of sp³-hybridized carbons (Fsp3) is 1.00. The molecule has 0 aliphatic rings. The summed E-state index contributed by atoms with van der Waals surface area (Å²) in [6.45, 7) is 11.7. The molecule has 0 heterocycles. The van der Waals surface area contributed by atoms with Gasteiger partial charge in [-0.05, 0) is 17.8 Å². The first-order chi connectivity index (χ1) is 6.61. The van der Waals surface area contributed by atoms with E-state index in [1.165, 1.54) is 38.5 Å². The molecule has 0 bridgehead atoms. The van der Waals surface area contributed by atoms with Crippen LogP contribution in [0.4, 0.5) is 0 Å². The maximum Gasteiger partial charge on any atom is -0.0394 e. The van der Waals surface area contributed by atoms with E-state index in [9.17, 15) is 0 Å². The zero-order valence-electron chi connectivity index (χ0n) is 11.0. The van der Waals surface area contributed by atoms with Crippen LogP contribution in [0.5, 0.6) is 0 Å². The van der Waals surface area contributed by atoms with Crippen molar-refractivity contribution in [2.45, 2.75) is 73.1 Å². The minimum absolute atomic E-state index is 0.887. The second kappa shape index (κ2) is 8.32. The van der Waals surface area contributed by atoms with Crippen LogP contribution >= 0.6 is 0 Å². The van der Waals surface area contributed by atoms with Crippen molar-refractivity contribution in [3.05, 3.63) is 0 Å². The van der Waals surface area contributed by atoms with Gasteiger partial charge in [0.05, 0.1) is 0 Å². The first-order valence-corrected chi connectivity index (χ1v) is 6.61. The second-order valence-corrected chi connectivity index (χ2v) is 5.23. The van der Waals surface area contributed by atoms with Crippen LogP contribution < -0.4 is 0 Å². The molecule has 1 atom stereocenters. The molecule has 0 aliphatic heterocycles. The molecule has 0 heteroatoms. The molecule has 0 amide bonds. The molecule has 0 aromatic carbocycles. The van der Waals surface area contributed by atoms with Crippen LogP contribution in [0.25, 0.3) is 0 Å². The van der Waals surface area contributed by atoms with Crippen molar-refractivity contribution in [2.24, 2.45) is 17.8 Å². The highest BCUT2D eigenvalue weighted by Gasteiger charge is 2.12. The van der Waals surface area contributed by atoms with Gasteiger partial charge in [-0.2, -0.15) is 0 Å². The summed E-state index contributed by atoms with van der Waals surface area (Å²) in [5, 5.41) is 0. The van der Waals surface area contributed by atoms with E-state index < -0.39 is 0 Å². The molecule has 0 radical (unpaired) electrons. The molecule has 0 rings (SSSR count). The van der Waals surface area contributed by atoms with Gasteiger partial charge in [-0.3, -0.25) is 0 Å². The summed E-state index contributed by atoms with van der Waals surface area (Å²) in [6.07, 6.45) is 8.45. The monoisotopic (exact) mass is 198 g/mol. The first-order valence-electron chi connectivity index (χ1n) is 6.61. The Kier molecular flexibility index (Phi) is 8.32. The van der Waals surface area contributed by atoms with Gasteiger partial charge in [0.15, 0.2) is 0 Å². The van der Waals surface area contributed by atoms with Gasteiger partial charge >= 0.3 is 0 Å². The number of rotatable bonds is 8. The predicted molar refractivity (Wildman–Crippen MR) is 66.5 cm³/mol. The van der Waals surface area contributed by atoms with E-state index in [-0.39, 0.29) is 0 Å². The summed E-state index contributed by atoms with van der Waals surface area (Å²) < 4.78 is 0. The molecule has 0 spiro atoms. The summed E-state index contributed by atoms with van der Waals surface area (Å²) in [7, 11) is 0. The fourth-order valence-electron chi connectivity index (χ4n) is 2.35. The Morgan fingerprint density at radius 2 is 1.29 bits per heavy atom. The van der Waals surface area contributed by atoms with Gasteiger partial charge in [-0.1, -0.05) is 73.1 Å². The van der Waals surface area contributed by atoms with E-state index in [1.807, 2.05) is 0 Å².